The summed E-state index contributed by atoms with van der Waals surface area (Å²) in [6.07, 6.45) is 0. The molecule has 0 unspecified atom stereocenters. The van der Waals surface area contributed by atoms with E-state index in [4.69, 9.17) is 12.5 Å². The van der Waals surface area contributed by atoms with Crippen LogP contribution in [0.2, 0.25) is 0 Å². The second-order valence-corrected chi connectivity index (χ2v) is 12.3. The van der Waals surface area contributed by atoms with Crippen LogP contribution in [-0.4, -0.2) is 25.3 Å². The lowest BCUT2D eigenvalue weighted by Crippen LogP contribution is -2.13. The van der Waals surface area contributed by atoms with Gasteiger partial charge in [0.25, 0.3) is 0 Å². The van der Waals surface area contributed by atoms with Crippen molar-refractivity contribution in [1.82, 2.24) is 0 Å². The summed E-state index contributed by atoms with van der Waals surface area (Å²) < 4.78 is 131. The molecule has 0 aliphatic rings. The average Bonchev–Trinajstić information content (AvgIpc) is 2.84. The fraction of sp³-hybridized carbons (Fsp3) is 0. The highest BCUT2D eigenvalue weighted by Crippen LogP contribution is 2.33. The van der Waals surface area contributed by atoms with E-state index in [2.05, 4.69) is 0 Å². The molecule has 4 rings (SSSR count). The van der Waals surface area contributed by atoms with Gasteiger partial charge in [-0.05, 0) is 72.8 Å². The van der Waals surface area contributed by atoms with E-state index in [1.807, 2.05) is 0 Å². The van der Waals surface area contributed by atoms with Crippen molar-refractivity contribution in [3.05, 3.63) is 108 Å². The van der Waals surface area contributed by atoms with Gasteiger partial charge in [-0.3, -0.25) is 0 Å². The first-order valence-corrected chi connectivity index (χ1v) is 14.7. The highest BCUT2D eigenvalue weighted by Gasteiger charge is 2.23. The van der Waals surface area contributed by atoms with Gasteiger partial charge >= 0.3 is 30.4 Å². The molecule has 0 aliphatic carbocycles. The topological polar surface area (TPSA) is 130 Å². The maximum Gasteiger partial charge on any atom is 0.339 e. The SMILES string of the molecule is O=S(=O)(Oc1cc(OS(=O)(=O)c2ccc(F)cc2)cc(OS(=O)(=O)c2ccc(F)cc2)c1)c1ccc(F)cc1. The molecule has 39 heavy (non-hydrogen) atoms. The number of rotatable bonds is 9. The molecule has 0 amide bonds. The van der Waals surface area contributed by atoms with Gasteiger partial charge in [-0.25, -0.2) is 13.2 Å². The van der Waals surface area contributed by atoms with E-state index in [0.29, 0.717) is 0 Å². The van der Waals surface area contributed by atoms with Gasteiger partial charge in [0, 0.05) is 18.2 Å². The zero-order valence-corrected chi connectivity index (χ0v) is 21.6. The van der Waals surface area contributed by atoms with Crippen LogP contribution in [0.25, 0.3) is 0 Å². The van der Waals surface area contributed by atoms with E-state index in [-0.39, 0.29) is 0 Å². The van der Waals surface area contributed by atoms with Crippen LogP contribution in [0.3, 0.4) is 0 Å². The maximum atomic E-state index is 13.2. The van der Waals surface area contributed by atoms with Gasteiger partial charge in [-0.2, -0.15) is 25.3 Å². The maximum absolute atomic E-state index is 13.2. The highest BCUT2D eigenvalue weighted by molar-refractivity contribution is 7.87. The van der Waals surface area contributed by atoms with Crippen molar-refractivity contribution in [2.45, 2.75) is 14.7 Å². The Bertz CT molecular complexity index is 1590. The molecular weight excluding hydrogens is 585 g/mol. The minimum Gasteiger partial charge on any atom is -0.379 e. The third kappa shape index (κ3) is 6.87. The minimum absolute atomic E-state index is 0.476. The van der Waals surface area contributed by atoms with Crippen LogP contribution < -0.4 is 12.5 Å². The quantitative estimate of drug-likeness (QED) is 0.257. The fourth-order valence-corrected chi connectivity index (χ4v) is 5.76. The van der Waals surface area contributed by atoms with E-state index in [1.165, 1.54) is 0 Å². The summed E-state index contributed by atoms with van der Waals surface area (Å²) in [7, 11) is -13.9. The van der Waals surface area contributed by atoms with Crippen LogP contribution in [0.4, 0.5) is 13.2 Å². The van der Waals surface area contributed by atoms with E-state index < -0.39 is 79.7 Å². The van der Waals surface area contributed by atoms with Crippen LogP contribution in [-0.2, 0) is 30.4 Å². The Labute approximate surface area is 221 Å². The van der Waals surface area contributed by atoms with Gasteiger partial charge in [0.15, 0.2) is 0 Å². The molecule has 0 radical (unpaired) electrons. The monoisotopic (exact) mass is 600 g/mol. The molecule has 0 saturated carbocycles. The molecule has 0 atom stereocenters. The molecule has 4 aromatic rings. The Balaban J connectivity index is 1.74. The molecule has 0 bridgehead atoms. The normalized spacial score (nSPS) is 12.1. The van der Waals surface area contributed by atoms with Gasteiger partial charge < -0.3 is 12.5 Å². The second-order valence-electron chi connectivity index (χ2n) is 7.61. The van der Waals surface area contributed by atoms with Gasteiger partial charge in [0.2, 0.25) is 0 Å². The van der Waals surface area contributed by atoms with Crippen molar-refractivity contribution < 1.29 is 51.0 Å². The summed E-state index contributed by atoms with van der Waals surface area (Å²) in [5.41, 5.74) is 0. The summed E-state index contributed by atoms with van der Waals surface area (Å²) in [6.45, 7) is 0. The molecule has 9 nitrogen and oxygen atoms in total. The molecule has 0 saturated heterocycles. The largest absolute Gasteiger partial charge is 0.379 e. The van der Waals surface area contributed by atoms with Crippen molar-refractivity contribution in [3.8, 4) is 17.2 Å². The first-order valence-electron chi connectivity index (χ1n) is 10.5. The Morgan fingerprint density at radius 1 is 0.385 bits per heavy atom. The van der Waals surface area contributed by atoms with Gasteiger partial charge in [-0.15, -0.1) is 0 Å². The van der Waals surface area contributed by atoms with E-state index in [1.54, 1.807) is 0 Å². The van der Waals surface area contributed by atoms with Crippen LogP contribution in [0.15, 0.2) is 106 Å². The minimum atomic E-state index is -4.62. The second kappa shape index (κ2) is 10.6. The molecule has 0 N–H and O–H groups in total. The molecule has 0 spiro atoms. The van der Waals surface area contributed by atoms with E-state index >= 15 is 0 Å². The Kier molecular flexibility index (Phi) is 7.59. The van der Waals surface area contributed by atoms with E-state index in [9.17, 15) is 38.4 Å². The Morgan fingerprint density at radius 2 is 0.590 bits per heavy atom. The fourth-order valence-electron chi connectivity index (χ4n) is 3.02. The van der Waals surface area contributed by atoms with Gasteiger partial charge in [0.05, 0.1) is 0 Å². The van der Waals surface area contributed by atoms with Crippen LogP contribution in [0.5, 0.6) is 17.2 Å². The molecule has 15 heteroatoms. The molecule has 0 aliphatic heterocycles. The first-order chi connectivity index (χ1) is 18.2. The molecule has 0 heterocycles. The predicted octanol–water partition coefficient (Wildman–Crippen LogP) is 4.41. The van der Waals surface area contributed by atoms with Crippen molar-refractivity contribution in [2.75, 3.05) is 0 Å². The zero-order chi connectivity index (χ0) is 28.4. The third-order valence-corrected chi connectivity index (χ3v) is 8.56. The van der Waals surface area contributed by atoms with E-state index in [0.717, 1.165) is 91.0 Å². The van der Waals surface area contributed by atoms with Crippen molar-refractivity contribution in [2.24, 2.45) is 0 Å². The number of halogens is 3. The van der Waals surface area contributed by atoms with Crippen molar-refractivity contribution in [3.63, 3.8) is 0 Å². The molecule has 0 aromatic heterocycles. The summed E-state index contributed by atoms with van der Waals surface area (Å²) in [6, 6.07) is 13.0. The lowest BCUT2D eigenvalue weighted by atomic mass is 10.3. The van der Waals surface area contributed by atoms with Gasteiger partial charge in [-0.1, -0.05) is 0 Å². The van der Waals surface area contributed by atoms with Crippen molar-refractivity contribution >= 4 is 30.4 Å². The first kappa shape index (κ1) is 27.9. The predicted molar refractivity (Wildman–Crippen MR) is 129 cm³/mol. The number of benzene rings is 4. The van der Waals surface area contributed by atoms with Crippen LogP contribution >= 0.6 is 0 Å². The number of hydrogen-bond donors (Lipinski definition) is 0. The average molecular weight is 601 g/mol. The lowest BCUT2D eigenvalue weighted by Gasteiger charge is -2.13. The van der Waals surface area contributed by atoms with Crippen LogP contribution in [0, 0.1) is 17.5 Å². The Hall–Kier alpha value is -4.08. The summed E-state index contributed by atoms with van der Waals surface area (Å²) in [4.78, 5) is -1.43. The standard InChI is InChI=1S/C24H15F3O9S3/c25-16-1-7-22(8-2-16)37(28,29)34-19-13-20(35-38(30,31)23-9-3-17(26)4-10-23)15-21(14-19)36-39(32,33)24-11-5-18(27)6-12-24/h1-15H. The Morgan fingerprint density at radius 3 is 0.795 bits per heavy atom. The highest BCUT2D eigenvalue weighted by atomic mass is 32.2. The molecule has 0 fully saturated rings. The molecule has 204 valence electrons. The van der Waals surface area contributed by atoms with Crippen molar-refractivity contribution in [1.29, 1.82) is 0 Å². The third-order valence-electron chi connectivity index (χ3n) is 4.78. The smallest absolute Gasteiger partial charge is 0.339 e. The molecular formula is C24H15F3O9S3. The lowest BCUT2D eigenvalue weighted by molar-refractivity contribution is 0.466. The summed E-state index contributed by atoms with van der Waals surface area (Å²) in [5, 5.41) is 0. The number of hydrogen-bond acceptors (Lipinski definition) is 9. The molecule has 4 aromatic carbocycles. The summed E-state index contributed by atoms with van der Waals surface area (Å²) in [5.74, 6) is -4.10. The summed E-state index contributed by atoms with van der Waals surface area (Å²) >= 11 is 0. The van der Waals surface area contributed by atoms with Gasteiger partial charge in [0.1, 0.15) is 49.4 Å². The zero-order valence-electron chi connectivity index (χ0n) is 19.2. The van der Waals surface area contributed by atoms with Crippen LogP contribution in [0.1, 0.15) is 0 Å².